The van der Waals surface area contributed by atoms with Crippen LogP contribution in [0.15, 0.2) is 146 Å². The molecule has 0 radical (unpaired) electrons. The van der Waals surface area contributed by atoms with Gasteiger partial charge in [0.25, 0.3) is 10.0 Å². The van der Waals surface area contributed by atoms with Gasteiger partial charge < -0.3 is 34.5 Å². The number of carboxylic acid groups (broad SMARTS) is 1. The summed E-state index contributed by atoms with van der Waals surface area (Å²) in [5, 5.41) is 9.56. The molecule has 11 aromatic rings. The number of carbonyl (C=O) groups is 2. The van der Waals surface area contributed by atoms with Crippen LogP contribution in [0.5, 0.6) is 0 Å². The van der Waals surface area contributed by atoms with E-state index in [4.69, 9.17) is 39.8 Å². The SMILES string of the molecule is BrCc1ccc(Br)c2nsnc12.COC(=O)[C@@H](N)Cc1ccc(Br)c2nsnc12.COC1=N[C@H](C(C)C)C(OC)=NC1.COC1=N[C@H](C(C)C)C(OC)=N[C@H]1Cc1ccc(Br)c2nsnc12.Cc1ccc(Br)c2nsnc12.O=C(O)c1c(F)cc(NS(=O)(=O)c2ccc(-c3ccnc(F)c3)cc2)cc1F. The van der Waals surface area contributed by atoms with E-state index in [2.05, 4.69) is 162 Å². The molecule has 0 saturated carbocycles. The number of carboxylic acids is 1. The number of methoxy groups -OCH3 is 5. The maximum absolute atomic E-state index is 13.7. The van der Waals surface area contributed by atoms with E-state index in [9.17, 15) is 31.2 Å². The zero-order valence-corrected chi connectivity index (χ0v) is 69.2. The lowest BCUT2D eigenvalue weighted by Crippen LogP contribution is -2.38. The van der Waals surface area contributed by atoms with Gasteiger partial charge in [0.1, 0.15) is 92.0 Å². The summed E-state index contributed by atoms with van der Waals surface area (Å²) in [6.07, 6.45) is 2.29. The molecule has 7 heterocycles. The average Bonchev–Trinajstić information content (AvgIpc) is 1.66. The second-order valence-electron chi connectivity index (χ2n) is 22.9. The molecule has 0 bridgehead atoms. The molecule has 4 N–H and O–H groups in total. The number of carbonyl (C=O) groups excluding carboxylic acids is 1. The van der Waals surface area contributed by atoms with Gasteiger partial charge in [-0.25, -0.2) is 46.9 Å². The highest BCUT2D eigenvalue weighted by atomic mass is 79.9. The van der Waals surface area contributed by atoms with Crippen molar-refractivity contribution in [3.8, 4) is 11.1 Å². The number of nitrogens with two attached hydrogens (primary N) is 1. The molecule has 38 heteroatoms. The van der Waals surface area contributed by atoms with Crippen LogP contribution in [-0.4, -0.2) is 155 Å². The first-order valence-electron chi connectivity index (χ1n) is 31.0. The van der Waals surface area contributed by atoms with Crippen LogP contribution in [0.25, 0.3) is 55.3 Å². The molecule has 2 aliphatic rings. The Morgan fingerprint density at radius 3 is 1.55 bits per heavy atom. The maximum Gasteiger partial charge on any atom is 0.341 e. The predicted octanol–water partition coefficient (Wildman–Crippen LogP) is 15.9. The largest absolute Gasteiger partial charge is 0.483 e. The fourth-order valence-corrected chi connectivity index (χ4v) is 15.9. The lowest BCUT2D eigenvalue weighted by Gasteiger charge is -2.27. The van der Waals surface area contributed by atoms with E-state index in [1.54, 1.807) is 34.5 Å². The van der Waals surface area contributed by atoms with Crippen molar-refractivity contribution in [2.75, 3.05) is 46.8 Å². The van der Waals surface area contributed by atoms with Crippen LogP contribution in [-0.2, 0) is 56.7 Å². The van der Waals surface area contributed by atoms with E-state index in [1.807, 2.05) is 60.2 Å². The zero-order valence-electron chi connectivity index (χ0n) is 57.2. The second-order valence-corrected chi connectivity index (χ2v) is 30.7. The molecule has 0 fully saturated rings. The molecule has 105 heavy (non-hydrogen) atoms. The van der Waals surface area contributed by atoms with E-state index in [-0.39, 0.29) is 28.9 Å². The number of esters is 1. The number of nitrogens with one attached hydrogen (secondary N) is 1. The third kappa shape index (κ3) is 21.4. The fourth-order valence-electron chi connectivity index (χ4n) is 9.92. The van der Waals surface area contributed by atoms with Crippen LogP contribution in [0.4, 0.5) is 18.9 Å². The van der Waals surface area contributed by atoms with Gasteiger partial charge in [-0.15, -0.1) is 0 Å². The highest BCUT2D eigenvalue weighted by Gasteiger charge is 2.32. The number of halogens is 8. The van der Waals surface area contributed by atoms with E-state index < -0.39 is 56.8 Å². The molecule has 13 rings (SSSR count). The third-order valence-corrected chi connectivity index (χ3v) is 21.9. The molecular weight excluding hydrogens is 1790 g/mol. The molecule has 4 atom stereocenters. The van der Waals surface area contributed by atoms with Crippen LogP contribution < -0.4 is 10.5 Å². The summed E-state index contributed by atoms with van der Waals surface area (Å²) in [5.74, 6) is -2.42. The van der Waals surface area contributed by atoms with Gasteiger partial charge in [0, 0.05) is 48.3 Å². The van der Waals surface area contributed by atoms with Crippen LogP contribution >= 0.6 is 127 Å². The van der Waals surface area contributed by atoms with Crippen molar-refractivity contribution in [3.63, 3.8) is 0 Å². The number of hydrogen-bond acceptors (Lipinski definition) is 27. The number of rotatable bonds is 13. The van der Waals surface area contributed by atoms with Crippen molar-refractivity contribution in [2.24, 2.45) is 37.5 Å². The summed E-state index contributed by atoms with van der Waals surface area (Å²) in [6.45, 7) is 10.9. The van der Waals surface area contributed by atoms with Crippen LogP contribution in [0.1, 0.15) is 60.3 Å². The Morgan fingerprint density at radius 1 is 0.590 bits per heavy atom. The minimum Gasteiger partial charge on any atom is -0.483 e. The van der Waals surface area contributed by atoms with E-state index >= 15 is 0 Å². The Morgan fingerprint density at radius 2 is 1.07 bits per heavy atom. The molecule has 6 aromatic carbocycles. The third-order valence-electron chi connectivity index (χ3n) is 15.3. The molecule has 2 aliphatic heterocycles. The van der Waals surface area contributed by atoms with Crippen molar-refractivity contribution in [1.82, 2.24) is 40.0 Å². The molecule has 0 amide bonds. The molecule has 5 aromatic heterocycles. The smallest absolute Gasteiger partial charge is 0.341 e. The summed E-state index contributed by atoms with van der Waals surface area (Å²) in [5.41, 5.74) is 16.7. The Labute approximate surface area is 659 Å². The summed E-state index contributed by atoms with van der Waals surface area (Å²) in [4.78, 5) is 43.4. The summed E-state index contributed by atoms with van der Waals surface area (Å²) < 4.78 is 131. The number of nitrogens with zero attached hydrogens (tertiary/aromatic N) is 13. The Hall–Kier alpha value is -7.53. The first kappa shape index (κ1) is 83.1. The van der Waals surface area contributed by atoms with Crippen molar-refractivity contribution in [3.05, 3.63) is 167 Å². The van der Waals surface area contributed by atoms with Crippen molar-refractivity contribution < 1.29 is 60.0 Å². The minimum atomic E-state index is -4.20. The Bertz CT molecular complexity index is 5070. The summed E-state index contributed by atoms with van der Waals surface area (Å²) >= 11 is 22.0. The number of aryl methyl sites for hydroxylation is 1. The number of hydrogen-bond donors (Lipinski definition) is 3. The predicted molar refractivity (Wildman–Crippen MR) is 423 cm³/mol. The van der Waals surface area contributed by atoms with Gasteiger partial charge in [-0.2, -0.15) is 39.4 Å². The number of alkyl halides is 1. The molecule has 0 unspecified atom stereocenters. The highest BCUT2D eigenvalue weighted by Crippen LogP contribution is 2.32. The van der Waals surface area contributed by atoms with Crippen molar-refractivity contribution >= 4 is 222 Å². The van der Waals surface area contributed by atoms with Crippen molar-refractivity contribution in [2.45, 2.75) is 81.9 Å². The Balaban J connectivity index is 0.000000165. The number of fused-ring (bicyclic) bond motifs is 4. The van der Waals surface area contributed by atoms with Gasteiger partial charge >= 0.3 is 11.9 Å². The van der Waals surface area contributed by atoms with Gasteiger partial charge in [0.05, 0.1) is 93.0 Å². The lowest BCUT2D eigenvalue weighted by molar-refractivity contribution is -0.142. The highest BCUT2D eigenvalue weighted by molar-refractivity contribution is 9.11. The van der Waals surface area contributed by atoms with E-state index in [0.717, 1.165) is 90.2 Å². The number of aromatic nitrogens is 9. The monoisotopic (exact) mass is 1850 g/mol. The number of ether oxygens (including phenoxy) is 5. The van der Waals surface area contributed by atoms with Gasteiger partial charge in [0.2, 0.25) is 29.5 Å². The first-order valence-corrected chi connectivity index (χ1v) is 39.7. The van der Waals surface area contributed by atoms with Crippen LogP contribution in [0, 0.1) is 36.3 Å². The van der Waals surface area contributed by atoms with E-state index in [0.29, 0.717) is 72.2 Å². The second kappa shape index (κ2) is 38.8. The Kier molecular flexibility index (Phi) is 30.7. The number of anilines is 1. The first-order chi connectivity index (χ1) is 50.1. The summed E-state index contributed by atoms with van der Waals surface area (Å²) in [7, 11) is 3.64. The van der Waals surface area contributed by atoms with E-state index in [1.165, 1.54) is 89.9 Å². The van der Waals surface area contributed by atoms with Gasteiger partial charge in [-0.3, -0.25) is 9.52 Å². The number of sulfonamides is 1. The average molecular weight is 1860 g/mol. The van der Waals surface area contributed by atoms with Gasteiger partial charge in [-0.1, -0.05) is 80.0 Å². The van der Waals surface area contributed by atoms with Crippen LogP contribution in [0.2, 0.25) is 0 Å². The van der Waals surface area contributed by atoms with Gasteiger partial charge in [-0.05, 0) is 170 Å². The molecule has 554 valence electrons. The minimum absolute atomic E-state index is 0.00806. The normalized spacial score (nSPS) is 15.0. The molecule has 0 aliphatic carbocycles. The molecule has 25 nitrogen and oxygen atoms in total. The number of aromatic carboxylic acids is 1. The lowest BCUT2D eigenvalue weighted by atomic mass is 10.00. The fraction of sp³-hybridized carbons (Fsp3) is 0.299. The number of aliphatic imine (C=N–C) groups is 4. The standard InChI is InChI=1S/C18H11F3N2O4S.C16H19BrN4O2S.C10H10BrN3O2S.C9H16N2O2.C7H4Br2N2S.C7H5BrN2S/c19-14-8-12(9-15(20)17(14)18(24)25)23-28(26,27)13-3-1-10(2-4-13)11-5-6-22-16(21)7-11;1-8(2)12-16(23-4)18-11(15(19-12)22-3)7-9-5-6-10(17)14-13(9)20-24-21-14;1-16-10(15)7(12)4-5-2-3-6(11)9-8(5)13-17-14-9;1-6(2)8-9(13-4)10-5-7(11-8)12-3;8-3-4-1-2-5(9)7-6(4)10-12-11-7;1-4-2-3-5(8)7-6(4)9-11-10-7/h1-9,23H,(H,24,25);5-6,8,11-12H,7H2,1-4H3;2-3,7H,4,12H2,1H3;6,8H,5H2,1-4H3;1-2H,3H2;2-3H,1H3/t;11-,12+;7-;8-;;/m.001../s1. The molecule has 0 spiro atoms. The molecule has 0 saturated heterocycles. The summed E-state index contributed by atoms with van der Waals surface area (Å²) in [6, 6.07) is 24.1. The van der Waals surface area contributed by atoms with Crippen molar-refractivity contribution in [1.29, 1.82) is 0 Å². The number of pyridine rings is 1. The van der Waals surface area contributed by atoms with Gasteiger partial charge in [0.15, 0.2) is 0 Å². The quantitative estimate of drug-likeness (QED) is 0.0548. The van der Waals surface area contributed by atoms with Crippen LogP contribution in [0.3, 0.4) is 0 Å². The zero-order chi connectivity index (χ0) is 76.4. The number of benzene rings is 6. The molecular formula is C67H65Br5F3N15O10S5. The topological polar surface area (TPSA) is 338 Å². The maximum atomic E-state index is 13.7.